The Balaban J connectivity index is 1.59. The fourth-order valence-corrected chi connectivity index (χ4v) is 3.05. The zero-order valence-electron chi connectivity index (χ0n) is 14.6. The molecule has 0 aliphatic rings. The zero-order chi connectivity index (χ0) is 18.9. The Morgan fingerprint density at radius 1 is 0.963 bits per heavy atom. The van der Waals surface area contributed by atoms with Crippen molar-refractivity contribution in [2.75, 3.05) is 0 Å². The second-order valence-corrected chi connectivity index (χ2v) is 6.77. The lowest BCUT2D eigenvalue weighted by molar-refractivity contribution is 1.25. The highest BCUT2D eigenvalue weighted by Crippen LogP contribution is 2.20. The maximum atomic E-state index is 9.01. The van der Waals surface area contributed by atoms with E-state index in [1.165, 1.54) is 17.3 Å². The molecule has 0 aliphatic heterocycles. The van der Waals surface area contributed by atoms with Gasteiger partial charge in [0.15, 0.2) is 5.17 Å². The molecule has 3 aromatic carbocycles. The Hall–Kier alpha value is -3.36. The van der Waals surface area contributed by atoms with E-state index in [-0.39, 0.29) is 0 Å². The maximum absolute atomic E-state index is 9.01. The molecule has 0 unspecified atom stereocenters. The van der Waals surface area contributed by atoms with Crippen molar-refractivity contribution in [3.63, 3.8) is 0 Å². The molecule has 0 aliphatic carbocycles. The van der Waals surface area contributed by atoms with E-state index in [0.717, 1.165) is 22.4 Å². The van der Waals surface area contributed by atoms with E-state index in [9.17, 15) is 0 Å². The topological polar surface area (TPSA) is 74.5 Å². The number of nitriles is 1. The molecule has 0 spiro atoms. The molecule has 3 aromatic rings. The first-order valence-electron chi connectivity index (χ1n) is 8.38. The van der Waals surface area contributed by atoms with Gasteiger partial charge in [-0.15, -0.1) is 5.10 Å². The van der Waals surface area contributed by atoms with Gasteiger partial charge >= 0.3 is 0 Å². The summed E-state index contributed by atoms with van der Waals surface area (Å²) in [6.45, 7) is 0. The van der Waals surface area contributed by atoms with Crippen LogP contribution in [-0.4, -0.2) is 11.4 Å². The number of amidine groups is 1. The first-order valence-corrected chi connectivity index (χ1v) is 9.37. The van der Waals surface area contributed by atoms with Crippen molar-refractivity contribution in [1.29, 1.82) is 5.26 Å². The third kappa shape index (κ3) is 5.56. The smallest absolute Gasteiger partial charge is 0.180 e. The molecule has 2 N–H and O–H groups in total. The van der Waals surface area contributed by atoms with Crippen LogP contribution in [-0.2, 0) is 5.75 Å². The lowest BCUT2D eigenvalue weighted by Gasteiger charge is -2.02. The molecule has 0 saturated carbocycles. The lowest BCUT2D eigenvalue weighted by atomic mass is 10.0. The van der Waals surface area contributed by atoms with Gasteiger partial charge in [-0.3, -0.25) is 0 Å². The van der Waals surface area contributed by atoms with Crippen LogP contribution >= 0.6 is 11.8 Å². The minimum absolute atomic E-state index is 0.431. The SMILES string of the molecule is N#Cc1cccc(-c2ccc(C=NN=C(N)SCc3ccccc3)cc2)c1. The molecular weight excluding hydrogens is 352 g/mol. The Bertz CT molecular complexity index is 987. The van der Waals surface area contributed by atoms with Crippen LogP contribution in [0.2, 0.25) is 0 Å². The quantitative estimate of drug-likeness (QED) is 0.398. The standard InChI is InChI=1S/C22H18N4S/c23-14-19-7-4-8-21(13-19)20-11-9-17(10-12-20)15-25-26-22(24)27-16-18-5-2-1-3-6-18/h1-13,15H,16H2,(H2,24,26). The molecule has 3 rings (SSSR count). The van der Waals surface area contributed by atoms with E-state index in [0.29, 0.717) is 10.7 Å². The van der Waals surface area contributed by atoms with E-state index < -0.39 is 0 Å². The monoisotopic (exact) mass is 370 g/mol. The van der Waals surface area contributed by atoms with Gasteiger partial charge in [0.05, 0.1) is 17.8 Å². The van der Waals surface area contributed by atoms with Crippen molar-refractivity contribution in [3.8, 4) is 17.2 Å². The number of hydrogen-bond acceptors (Lipinski definition) is 4. The molecule has 0 saturated heterocycles. The van der Waals surface area contributed by atoms with E-state index in [4.69, 9.17) is 11.0 Å². The predicted octanol–water partition coefficient (Wildman–Crippen LogP) is 4.81. The largest absolute Gasteiger partial charge is 0.377 e. The van der Waals surface area contributed by atoms with Gasteiger partial charge < -0.3 is 5.73 Å². The molecule has 0 heterocycles. The van der Waals surface area contributed by atoms with E-state index in [1.54, 1.807) is 12.3 Å². The fraction of sp³-hybridized carbons (Fsp3) is 0.0455. The average Bonchev–Trinajstić information content (AvgIpc) is 2.73. The number of nitrogens with two attached hydrogens (primary N) is 1. The van der Waals surface area contributed by atoms with E-state index in [1.807, 2.05) is 60.7 Å². The van der Waals surface area contributed by atoms with E-state index in [2.05, 4.69) is 28.4 Å². The van der Waals surface area contributed by atoms with Gasteiger partial charge in [0.25, 0.3) is 0 Å². The van der Waals surface area contributed by atoms with Crippen LogP contribution in [0.4, 0.5) is 0 Å². The van der Waals surface area contributed by atoms with Crippen molar-refractivity contribution >= 4 is 23.1 Å². The van der Waals surface area contributed by atoms with Crippen molar-refractivity contribution < 1.29 is 0 Å². The van der Waals surface area contributed by atoms with Gasteiger partial charge in [-0.2, -0.15) is 10.4 Å². The van der Waals surface area contributed by atoms with Crippen LogP contribution in [0.25, 0.3) is 11.1 Å². The summed E-state index contributed by atoms with van der Waals surface area (Å²) in [5.74, 6) is 0.766. The summed E-state index contributed by atoms with van der Waals surface area (Å²) in [6.07, 6.45) is 1.67. The number of rotatable bonds is 5. The molecule has 0 amide bonds. The molecular formula is C22H18N4S. The minimum Gasteiger partial charge on any atom is -0.377 e. The summed E-state index contributed by atoms with van der Waals surface area (Å²) in [4.78, 5) is 0. The van der Waals surface area contributed by atoms with Crippen LogP contribution in [0.3, 0.4) is 0 Å². The predicted molar refractivity (Wildman–Crippen MR) is 114 cm³/mol. The van der Waals surface area contributed by atoms with Gasteiger partial charge in [-0.25, -0.2) is 0 Å². The third-order valence-corrected chi connectivity index (χ3v) is 4.68. The lowest BCUT2D eigenvalue weighted by Crippen LogP contribution is -2.05. The first-order chi connectivity index (χ1) is 13.2. The molecule has 4 nitrogen and oxygen atoms in total. The van der Waals surface area contributed by atoms with Crippen LogP contribution in [0.5, 0.6) is 0 Å². The van der Waals surface area contributed by atoms with Crippen molar-refractivity contribution in [2.45, 2.75) is 5.75 Å². The highest BCUT2D eigenvalue weighted by Gasteiger charge is 1.99. The first kappa shape index (κ1) is 18.4. The summed E-state index contributed by atoms with van der Waals surface area (Å²) in [5, 5.41) is 17.5. The molecule has 27 heavy (non-hydrogen) atoms. The van der Waals surface area contributed by atoms with Gasteiger partial charge in [-0.05, 0) is 34.4 Å². The fourth-order valence-electron chi connectivity index (χ4n) is 2.44. The summed E-state index contributed by atoms with van der Waals surface area (Å²) in [6, 6.07) is 27.7. The minimum atomic E-state index is 0.431. The van der Waals surface area contributed by atoms with Gasteiger partial charge in [-0.1, -0.05) is 78.5 Å². The van der Waals surface area contributed by atoms with Gasteiger partial charge in [0.1, 0.15) is 0 Å². The van der Waals surface area contributed by atoms with Crippen LogP contribution in [0, 0.1) is 11.3 Å². The average molecular weight is 370 g/mol. The summed E-state index contributed by atoms with van der Waals surface area (Å²) < 4.78 is 0. The van der Waals surface area contributed by atoms with Crippen molar-refractivity contribution in [1.82, 2.24) is 0 Å². The molecule has 0 atom stereocenters. The zero-order valence-corrected chi connectivity index (χ0v) is 15.4. The Labute approximate surface area is 163 Å². The Morgan fingerprint density at radius 2 is 1.74 bits per heavy atom. The Kier molecular flexibility index (Phi) is 6.40. The highest BCUT2D eigenvalue weighted by atomic mass is 32.2. The van der Waals surface area contributed by atoms with E-state index >= 15 is 0 Å². The number of thioether (sulfide) groups is 1. The second-order valence-electron chi connectivity index (χ2n) is 5.77. The molecule has 0 fully saturated rings. The van der Waals surface area contributed by atoms with Crippen molar-refractivity contribution in [2.24, 2.45) is 15.9 Å². The van der Waals surface area contributed by atoms with Crippen molar-refractivity contribution in [3.05, 3.63) is 95.6 Å². The summed E-state index contributed by atoms with van der Waals surface area (Å²) in [7, 11) is 0. The van der Waals surface area contributed by atoms with Crippen LogP contribution in [0.15, 0.2) is 89.1 Å². The van der Waals surface area contributed by atoms with Crippen LogP contribution < -0.4 is 5.73 Å². The molecule has 0 radical (unpaired) electrons. The molecule has 132 valence electrons. The molecule has 5 heteroatoms. The second kappa shape index (κ2) is 9.37. The summed E-state index contributed by atoms with van der Waals surface area (Å²) in [5.41, 5.74) is 10.7. The number of benzene rings is 3. The normalized spacial score (nSPS) is 11.4. The number of hydrogen-bond donors (Lipinski definition) is 1. The third-order valence-electron chi connectivity index (χ3n) is 3.83. The van der Waals surface area contributed by atoms with Gasteiger partial charge in [0, 0.05) is 5.75 Å². The summed E-state index contributed by atoms with van der Waals surface area (Å²) >= 11 is 1.46. The molecule has 0 aromatic heterocycles. The molecule has 0 bridgehead atoms. The maximum Gasteiger partial charge on any atom is 0.180 e. The highest BCUT2D eigenvalue weighted by molar-refractivity contribution is 8.13. The van der Waals surface area contributed by atoms with Gasteiger partial charge in [0.2, 0.25) is 0 Å². The number of nitrogens with zero attached hydrogens (tertiary/aromatic N) is 3. The van der Waals surface area contributed by atoms with Crippen LogP contribution in [0.1, 0.15) is 16.7 Å². The Morgan fingerprint density at radius 3 is 2.48 bits per heavy atom.